The Labute approximate surface area is 173 Å². The number of carbonyl (C=O) groups excluding carboxylic acids is 1. The molecule has 0 unspecified atom stereocenters. The summed E-state index contributed by atoms with van der Waals surface area (Å²) >= 11 is 0. The van der Waals surface area contributed by atoms with Crippen molar-refractivity contribution in [3.63, 3.8) is 0 Å². The summed E-state index contributed by atoms with van der Waals surface area (Å²) in [6, 6.07) is 9.00. The number of hydrogen-bond donors (Lipinski definition) is 1. The minimum atomic E-state index is -4.51. The summed E-state index contributed by atoms with van der Waals surface area (Å²) in [6.07, 6.45) is -3.86. The molecule has 0 radical (unpaired) electrons. The third-order valence-corrected chi connectivity index (χ3v) is 4.04. The van der Waals surface area contributed by atoms with Gasteiger partial charge >= 0.3 is 6.18 Å². The fourth-order valence-electron chi connectivity index (χ4n) is 2.57. The Bertz CT molecular complexity index is 1080. The first-order valence-corrected chi connectivity index (χ1v) is 8.91. The molecule has 0 aliphatic carbocycles. The third-order valence-electron chi connectivity index (χ3n) is 4.04. The average molecular weight is 435 g/mol. The number of nitro groups is 1. The van der Waals surface area contributed by atoms with Crippen LogP contribution in [0.25, 0.3) is 5.82 Å². The number of nitrogens with zero attached hydrogens (tertiary/aromatic N) is 4. The maximum absolute atomic E-state index is 12.7. The molecule has 0 aliphatic heterocycles. The van der Waals surface area contributed by atoms with E-state index < -0.39 is 22.6 Å². The fraction of sp³-hybridized carbons (Fsp3) is 0.211. The van der Waals surface area contributed by atoms with Crippen molar-refractivity contribution in [2.45, 2.75) is 19.5 Å². The highest BCUT2D eigenvalue weighted by Crippen LogP contribution is 2.29. The van der Waals surface area contributed by atoms with Crippen LogP contribution in [-0.2, 0) is 11.0 Å². The molecule has 3 rings (SSSR count). The molecule has 0 fully saturated rings. The summed E-state index contributed by atoms with van der Waals surface area (Å²) in [5.41, 5.74) is -0.446. The minimum absolute atomic E-state index is 0.00922. The molecule has 12 heteroatoms. The Balaban J connectivity index is 1.61. The van der Waals surface area contributed by atoms with Crippen LogP contribution in [0.1, 0.15) is 17.7 Å². The highest BCUT2D eigenvalue weighted by Gasteiger charge is 2.30. The van der Waals surface area contributed by atoms with Gasteiger partial charge in [-0.05, 0) is 31.2 Å². The monoisotopic (exact) mass is 435 g/mol. The molecule has 1 aromatic carbocycles. The smallest absolute Gasteiger partial charge is 0.417 e. The van der Waals surface area contributed by atoms with Crippen molar-refractivity contribution in [3.05, 3.63) is 70.0 Å². The SMILES string of the molecule is Cc1cc(NC(=O)CCOc2ccc([N+](=O)[O-])cc2)n(-c2ccc(C(F)(F)F)cn2)n1. The molecule has 162 valence electrons. The van der Waals surface area contributed by atoms with E-state index >= 15 is 0 Å². The van der Waals surface area contributed by atoms with Crippen molar-refractivity contribution < 1.29 is 27.6 Å². The number of carbonyl (C=O) groups is 1. The first-order chi connectivity index (χ1) is 14.6. The number of rotatable bonds is 7. The minimum Gasteiger partial charge on any atom is -0.493 e. The second-order valence-electron chi connectivity index (χ2n) is 6.38. The summed E-state index contributed by atoms with van der Waals surface area (Å²) in [7, 11) is 0. The van der Waals surface area contributed by atoms with Crippen molar-refractivity contribution >= 4 is 17.4 Å². The first kappa shape index (κ1) is 21.7. The lowest BCUT2D eigenvalue weighted by atomic mass is 10.3. The lowest BCUT2D eigenvalue weighted by molar-refractivity contribution is -0.384. The van der Waals surface area contributed by atoms with E-state index in [1.165, 1.54) is 28.9 Å². The molecule has 0 saturated carbocycles. The molecule has 1 amide bonds. The van der Waals surface area contributed by atoms with E-state index in [4.69, 9.17) is 4.74 Å². The molecule has 2 heterocycles. The van der Waals surface area contributed by atoms with Gasteiger partial charge in [0.2, 0.25) is 5.91 Å². The lowest BCUT2D eigenvalue weighted by Gasteiger charge is -2.10. The number of alkyl halides is 3. The highest BCUT2D eigenvalue weighted by atomic mass is 19.4. The molecule has 0 spiro atoms. The number of pyridine rings is 1. The van der Waals surface area contributed by atoms with Gasteiger partial charge in [0.15, 0.2) is 5.82 Å². The second kappa shape index (κ2) is 8.81. The molecular formula is C19H16F3N5O4. The van der Waals surface area contributed by atoms with Gasteiger partial charge in [0.25, 0.3) is 5.69 Å². The summed E-state index contributed by atoms with van der Waals surface area (Å²) in [4.78, 5) is 26.1. The van der Waals surface area contributed by atoms with Crippen molar-refractivity contribution in [2.75, 3.05) is 11.9 Å². The van der Waals surface area contributed by atoms with E-state index in [0.717, 1.165) is 12.1 Å². The van der Waals surface area contributed by atoms with E-state index in [1.54, 1.807) is 13.0 Å². The van der Waals surface area contributed by atoms with Crippen molar-refractivity contribution in [1.29, 1.82) is 0 Å². The van der Waals surface area contributed by atoms with E-state index in [-0.39, 0.29) is 30.4 Å². The molecule has 1 N–H and O–H groups in total. The number of nitro benzene ring substituents is 1. The van der Waals surface area contributed by atoms with Gasteiger partial charge in [0, 0.05) is 24.4 Å². The van der Waals surface area contributed by atoms with Crippen LogP contribution in [0, 0.1) is 17.0 Å². The number of nitrogens with one attached hydrogen (secondary N) is 1. The van der Waals surface area contributed by atoms with E-state index in [1.807, 2.05) is 0 Å². The normalized spacial score (nSPS) is 11.2. The topological polar surface area (TPSA) is 112 Å². The largest absolute Gasteiger partial charge is 0.493 e. The van der Waals surface area contributed by atoms with Gasteiger partial charge in [0.1, 0.15) is 11.6 Å². The summed E-state index contributed by atoms with van der Waals surface area (Å²) in [6.45, 7) is 1.67. The fourth-order valence-corrected chi connectivity index (χ4v) is 2.57. The van der Waals surface area contributed by atoms with Crippen molar-refractivity contribution in [3.8, 4) is 11.6 Å². The van der Waals surface area contributed by atoms with Gasteiger partial charge < -0.3 is 10.1 Å². The van der Waals surface area contributed by atoms with Crippen molar-refractivity contribution in [2.24, 2.45) is 0 Å². The first-order valence-electron chi connectivity index (χ1n) is 8.91. The van der Waals surface area contributed by atoms with Gasteiger partial charge in [-0.1, -0.05) is 0 Å². The summed E-state index contributed by atoms with van der Waals surface area (Å²) in [5, 5.41) is 17.4. The van der Waals surface area contributed by atoms with E-state index in [0.29, 0.717) is 17.6 Å². The number of amides is 1. The van der Waals surface area contributed by atoms with E-state index in [9.17, 15) is 28.1 Å². The number of ether oxygens (including phenoxy) is 1. The molecule has 31 heavy (non-hydrogen) atoms. The lowest BCUT2D eigenvalue weighted by Crippen LogP contribution is -2.18. The van der Waals surface area contributed by atoms with Gasteiger partial charge in [-0.25, -0.2) is 4.98 Å². The van der Waals surface area contributed by atoms with Crippen LogP contribution < -0.4 is 10.1 Å². The van der Waals surface area contributed by atoms with Gasteiger partial charge in [-0.3, -0.25) is 14.9 Å². The molecule has 0 aliphatic rings. The molecular weight excluding hydrogens is 419 g/mol. The quantitative estimate of drug-likeness (QED) is 0.445. The number of hydrogen-bond acceptors (Lipinski definition) is 6. The number of non-ortho nitro benzene ring substituents is 1. The zero-order chi connectivity index (χ0) is 22.6. The van der Waals surface area contributed by atoms with Crippen LogP contribution >= 0.6 is 0 Å². The third kappa shape index (κ3) is 5.56. The molecule has 3 aromatic rings. The van der Waals surface area contributed by atoms with Crippen LogP contribution in [0.15, 0.2) is 48.7 Å². The Morgan fingerprint density at radius 3 is 2.52 bits per heavy atom. The summed E-state index contributed by atoms with van der Waals surface area (Å²) < 4.78 is 44.8. The molecule has 0 saturated heterocycles. The Hall–Kier alpha value is -3.96. The number of anilines is 1. The van der Waals surface area contributed by atoms with Crippen LogP contribution in [-0.4, -0.2) is 32.2 Å². The maximum Gasteiger partial charge on any atom is 0.417 e. The Kier molecular flexibility index (Phi) is 6.18. The molecule has 9 nitrogen and oxygen atoms in total. The number of aryl methyl sites for hydroxylation is 1. The van der Waals surface area contributed by atoms with Crippen LogP contribution in [0.2, 0.25) is 0 Å². The number of benzene rings is 1. The van der Waals surface area contributed by atoms with Gasteiger partial charge in [-0.15, -0.1) is 0 Å². The number of aromatic nitrogens is 3. The van der Waals surface area contributed by atoms with Gasteiger partial charge in [-0.2, -0.15) is 23.0 Å². The summed E-state index contributed by atoms with van der Waals surface area (Å²) in [5.74, 6) is 0.298. The Morgan fingerprint density at radius 1 is 1.23 bits per heavy atom. The zero-order valence-corrected chi connectivity index (χ0v) is 16.1. The van der Waals surface area contributed by atoms with Crippen molar-refractivity contribution in [1.82, 2.24) is 14.8 Å². The van der Waals surface area contributed by atoms with E-state index in [2.05, 4.69) is 15.4 Å². The van der Waals surface area contributed by atoms with Gasteiger partial charge in [0.05, 0.1) is 29.2 Å². The zero-order valence-electron chi connectivity index (χ0n) is 16.1. The molecule has 2 aromatic heterocycles. The second-order valence-corrected chi connectivity index (χ2v) is 6.38. The van der Waals surface area contributed by atoms with Crippen LogP contribution in [0.5, 0.6) is 5.75 Å². The maximum atomic E-state index is 12.7. The molecule has 0 bridgehead atoms. The highest BCUT2D eigenvalue weighted by molar-refractivity contribution is 5.90. The standard InChI is InChI=1S/C19H16F3N5O4/c1-12-10-17(26(25-12)16-7-2-13(11-23-16)19(20,21)22)24-18(28)8-9-31-15-5-3-14(4-6-15)27(29)30/h2-7,10-11H,8-9H2,1H3,(H,24,28). The van der Waals surface area contributed by atoms with Crippen LogP contribution in [0.4, 0.5) is 24.7 Å². The predicted molar refractivity (Wildman–Crippen MR) is 103 cm³/mol. The average Bonchev–Trinajstić information content (AvgIpc) is 3.07. The van der Waals surface area contributed by atoms with Crippen LogP contribution in [0.3, 0.4) is 0 Å². The number of halogens is 3. The molecule has 0 atom stereocenters. The Morgan fingerprint density at radius 2 is 1.94 bits per heavy atom. The predicted octanol–water partition coefficient (Wildman–Crippen LogP) is 3.91.